The lowest BCUT2D eigenvalue weighted by Gasteiger charge is -2.53. The van der Waals surface area contributed by atoms with Gasteiger partial charge in [0.2, 0.25) is 5.91 Å². The fraction of sp³-hybridized carbons (Fsp3) is 0.464. The molecular weight excluding hydrogens is 453 g/mol. The SMILES string of the molecule is C=CC[C@@]1(C)C[C@H](c2cccc(Cl)c2)[C@@H](c2ccc(Cl)cc2)N(C(C2CC2)[C@@H](O)CC)C1=O. The molecule has 1 saturated heterocycles. The fourth-order valence-corrected chi connectivity index (χ4v) is 5.95. The normalized spacial score (nSPS) is 27.3. The van der Waals surface area contributed by atoms with Crippen molar-refractivity contribution in [2.75, 3.05) is 0 Å². The minimum Gasteiger partial charge on any atom is -0.391 e. The van der Waals surface area contributed by atoms with Crippen molar-refractivity contribution < 1.29 is 9.90 Å². The molecule has 4 rings (SSSR count). The van der Waals surface area contributed by atoms with Crippen molar-refractivity contribution in [3.8, 4) is 0 Å². The van der Waals surface area contributed by atoms with E-state index in [1.807, 2.05) is 67.3 Å². The van der Waals surface area contributed by atoms with Crippen LogP contribution in [0.25, 0.3) is 0 Å². The lowest BCUT2D eigenvalue weighted by Crippen LogP contribution is -2.59. The topological polar surface area (TPSA) is 40.5 Å². The Labute approximate surface area is 207 Å². The van der Waals surface area contributed by atoms with Gasteiger partial charge in [0.1, 0.15) is 0 Å². The number of piperidine rings is 1. The first-order valence-electron chi connectivity index (χ1n) is 11.9. The molecule has 1 saturated carbocycles. The Hall–Kier alpha value is -1.81. The minimum absolute atomic E-state index is 0.0258. The first-order valence-corrected chi connectivity index (χ1v) is 12.7. The second-order valence-corrected chi connectivity index (χ2v) is 10.8. The fourth-order valence-electron chi connectivity index (χ4n) is 5.62. The number of halogens is 2. The smallest absolute Gasteiger partial charge is 0.229 e. The first-order chi connectivity index (χ1) is 15.8. The number of aliphatic hydroxyl groups excluding tert-OH is 1. The summed E-state index contributed by atoms with van der Waals surface area (Å²) >= 11 is 12.6. The maximum atomic E-state index is 14.2. The molecule has 0 aromatic heterocycles. The van der Waals surface area contributed by atoms with E-state index in [4.69, 9.17) is 23.2 Å². The second kappa shape index (κ2) is 9.82. The maximum absolute atomic E-state index is 14.2. The Kier molecular flexibility index (Phi) is 7.23. The summed E-state index contributed by atoms with van der Waals surface area (Å²) in [5, 5.41) is 12.5. The van der Waals surface area contributed by atoms with Gasteiger partial charge in [-0.25, -0.2) is 0 Å². The van der Waals surface area contributed by atoms with Gasteiger partial charge in [-0.2, -0.15) is 0 Å². The molecule has 0 spiro atoms. The van der Waals surface area contributed by atoms with Crippen molar-refractivity contribution in [2.45, 2.75) is 70.1 Å². The molecule has 5 atom stereocenters. The van der Waals surface area contributed by atoms with Gasteiger partial charge in [-0.05, 0) is 73.4 Å². The van der Waals surface area contributed by atoms with Crippen LogP contribution in [0.15, 0.2) is 61.2 Å². The van der Waals surface area contributed by atoms with Crippen LogP contribution in [0.2, 0.25) is 10.0 Å². The Bertz CT molecular complexity index is 1000. The predicted octanol–water partition coefficient (Wildman–Crippen LogP) is 7.18. The van der Waals surface area contributed by atoms with E-state index >= 15 is 0 Å². The zero-order chi connectivity index (χ0) is 23.8. The summed E-state index contributed by atoms with van der Waals surface area (Å²) in [7, 11) is 0. The molecule has 2 aromatic rings. The number of benzene rings is 2. The molecule has 3 nitrogen and oxygen atoms in total. The van der Waals surface area contributed by atoms with Crippen LogP contribution in [-0.4, -0.2) is 28.1 Å². The summed E-state index contributed by atoms with van der Waals surface area (Å²) in [6.07, 6.45) is 5.24. The summed E-state index contributed by atoms with van der Waals surface area (Å²) in [4.78, 5) is 16.3. The number of amides is 1. The van der Waals surface area contributed by atoms with Gasteiger partial charge in [-0.15, -0.1) is 6.58 Å². The maximum Gasteiger partial charge on any atom is 0.229 e. The number of likely N-dealkylation sites (tertiary alicyclic amines) is 1. The largest absolute Gasteiger partial charge is 0.391 e. The van der Waals surface area contributed by atoms with Gasteiger partial charge in [0.05, 0.1) is 23.6 Å². The number of carbonyl (C=O) groups excluding carboxylic acids is 1. The van der Waals surface area contributed by atoms with E-state index in [1.54, 1.807) is 0 Å². The van der Waals surface area contributed by atoms with Crippen molar-refractivity contribution in [1.29, 1.82) is 0 Å². The summed E-state index contributed by atoms with van der Waals surface area (Å²) in [6.45, 7) is 7.98. The van der Waals surface area contributed by atoms with E-state index < -0.39 is 11.5 Å². The highest BCUT2D eigenvalue weighted by molar-refractivity contribution is 6.30. The van der Waals surface area contributed by atoms with Crippen LogP contribution >= 0.6 is 23.2 Å². The third kappa shape index (κ3) is 4.87. The molecule has 1 heterocycles. The lowest BCUT2D eigenvalue weighted by molar-refractivity contribution is -0.159. The Morgan fingerprint density at radius 1 is 1.15 bits per heavy atom. The third-order valence-corrected chi connectivity index (χ3v) is 7.91. The van der Waals surface area contributed by atoms with Crippen LogP contribution in [0.4, 0.5) is 0 Å². The van der Waals surface area contributed by atoms with Crippen molar-refractivity contribution in [1.82, 2.24) is 4.90 Å². The van der Waals surface area contributed by atoms with Crippen LogP contribution in [-0.2, 0) is 4.79 Å². The number of hydrogen-bond donors (Lipinski definition) is 1. The van der Waals surface area contributed by atoms with Crippen LogP contribution in [0, 0.1) is 11.3 Å². The van der Waals surface area contributed by atoms with Crippen LogP contribution in [0.1, 0.15) is 69.0 Å². The molecule has 1 aliphatic carbocycles. The molecule has 2 aromatic carbocycles. The van der Waals surface area contributed by atoms with Gasteiger partial charge < -0.3 is 10.0 Å². The van der Waals surface area contributed by atoms with E-state index in [1.165, 1.54) is 0 Å². The second-order valence-electron chi connectivity index (χ2n) is 9.93. The predicted molar refractivity (Wildman–Crippen MR) is 136 cm³/mol. The van der Waals surface area contributed by atoms with Crippen molar-refractivity contribution >= 4 is 29.1 Å². The number of aliphatic hydroxyl groups is 1. The molecule has 33 heavy (non-hydrogen) atoms. The molecule has 0 radical (unpaired) electrons. The lowest BCUT2D eigenvalue weighted by atomic mass is 9.66. The number of nitrogens with zero attached hydrogens (tertiary/aromatic N) is 1. The quantitative estimate of drug-likeness (QED) is 0.402. The monoisotopic (exact) mass is 485 g/mol. The first kappa shape index (κ1) is 24.3. The van der Waals surface area contributed by atoms with Gasteiger partial charge in [-0.3, -0.25) is 4.79 Å². The number of allylic oxidation sites excluding steroid dienone is 1. The highest BCUT2D eigenvalue weighted by atomic mass is 35.5. The van der Waals surface area contributed by atoms with Gasteiger partial charge in [0.25, 0.3) is 0 Å². The number of rotatable bonds is 8. The zero-order valence-corrected chi connectivity index (χ0v) is 20.9. The standard InChI is InChI=1S/C28H33Cl2NO2/c1-4-15-28(3)17-23(20-7-6-8-22(30)16-20)25(18-11-13-21(29)14-12-18)31(27(28)33)26(19-9-10-19)24(32)5-2/h4,6-8,11-14,16,19,23-26,32H,1,5,9-10,15,17H2,2-3H3/t23-,24+,25-,26?,28+/m1/s1. The van der Waals surface area contributed by atoms with Gasteiger partial charge in [0.15, 0.2) is 0 Å². The molecule has 1 unspecified atom stereocenters. The Morgan fingerprint density at radius 3 is 2.42 bits per heavy atom. The van der Waals surface area contributed by atoms with Crippen molar-refractivity contribution in [3.63, 3.8) is 0 Å². The molecule has 0 bridgehead atoms. The third-order valence-electron chi connectivity index (χ3n) is 7.42. The summed E-state index contributed by atoms with van der Waals surface area (Å²) in [6, 6.07) is 15.3. The van der Waals surface area contributed by atoms with E-state index in [9.17, 15) is 9.90 Å². The Balaban J connectivity index is 1.92. The molecule has 1 amide bonds. The highest BCUT2D eigenvalue weighted by Crippen LogP contribution is 2.54. The molecule has 1 N–H and O–H groups in total. The zero-order valence-electron chi connectivity index (χ0n) is 19.4. The molecule has 1 aliphatic heterocycles. The van der Waals surface area contributed by atoms with E-state index in [2.05, 4.69) is 12.6 Å². The molecular formula is C28H33Cl2NO2. The summed E-state index contributed by atoms with van der Waals surface area (Å²) in [5.41, 5.74) is 1.54. The summed E-state index contributed by atoms with van der Waals surface area (Å²) < 4.78 is 0. The number of hydrogen-bond acceptors (Lipinski definition) is 2. The van der Waals surface area contributed by atoms with E-state index in [-0.39, 0.29) is 23.9 Å². The van der Waals surface area contributed by atoms with Gasteiger partial charge >= 0.3 is 0 Å². The van der Waals surface area contributed by atoms with E-state index in [0.29, 0.717) is 35.2 Å². The van der Waals surface area contributed by atoms with E-state index in [0.717, 1.165) is 24.0 Å². The minimum atomic E-state index is -0.599. The van der Waals surface area contributed by atoms with Gasteiger partial charge in [0, 0.05) is 16.0 Å². The van der Waals surface area contributed by atoms with Crippen LogP contribution < -0.4 is 0 Å². The summed E-state index contributed by atoms with van der Waals surface area (Å²) in [5.74, 6) is 0.452. The van der Waals surface area contributed by atoms with Crippen molar-refractivity contribution in [2.24, 2.45) is 11.3 Å². The average Bonchev–Trinajstić information content (AvgIpc) is 3.63. The average molecular weight is 486 g/mol. The Morgan fingerprint density at radius 2 is 1.85 bits per heavy atom. The molecule has 176 valence electrons. The van der Waals surface area contributed by atoms with Crippen LogP contribution in [0.3, 0.4) is 0 Å². The van der Waals surface area contributed by atoms with Gasteiger partial charge in [-0.1, -0.05) is 67.4 Å². The van der Waals surface area contributed by atoms with Crippen LogP contribution in [0.5, 0.6) is 0 Å². The molecule has 5 heteroatoms. The van der Waals surface area contributed by atoms with Crippen molar-refractivity contribution in [3.05, 3.63) is 82.4 Å². The highest BCUT2D eigenvalue weighted by Gasteiger charge is 2.54. The molecule has 2 aliphatic rings. The molecule has 2 fully saturated rings. The number of carbonyl (C=O) groups is 1.